The van der Waals surface area contributed by atoms with Gasteiger partial charge < -0.3 is 4.57 Å². The SMILES string of the molecule is c1cn(CC(SCC2CCCCC2)C23CC4CC(CC(C4)C2)C3)cn1. The maximum Gasteiger partial charge on any atom is 0.0946 e. The first-order valence-electron chi connectivity index (χ1n) is 10.9. The maximum absolute atomic E-state index is 4.33. The van der Waals surface area contributed by atoms with Crippen LogP contribution in [0.25, 0.3) is 0 Å². The van der Waals surface area contributed by atoms with Gasteiger partial charge in [0.2, 0.25) is 0 Å². The fourth-order valence-corrected chi connectivity index (χ4v) is 8.94. The third-order valence-electron chi connectivity index (χ3n) is 7.96. The smallest absolute Gasteiger partial charge is 0.0946 e. The molecule has 0 radical (unpaired) electrons. The predicted molar refractivity (Wildman–Crippen MR) is 106 cm³/mol. The van der Waals surface area contributed by atoms with E-state index in [9.17, 15) is 0 Å². The molecule has 0 saturated heterocycles. The van der Waals surface area contributed by atoms with Crippen LogP contribution in [0, 0.1) is 29.1 Å². The van der Waals surface area contributed by atoms with E-state index in [0.717, 1.165) is 28.9 Å². The lowest BCUT2D eigenvalue weighted by Crippen LogP contribution is -2.51. The molecule has 25 heavy (non-hydrogen) atoms. The molecule has 0 N–H and O–H groups in total. The van der Waals surface area contributed by atoms with Gasteiger partial charge in [0.05, 0.1) is 6.33 Å². The molecule has 0 spiro atoms. The van der Waals surface area contributed by atoms with Crippen molar-refractivity contribution in [3.63, 3.8) is 0 Å². The van der Waals surface area contributed by atoms with E-state index >= 15 is 0 Å². The van der Waals surface area contributed by atoms with Crippen molar-refractivity contribution in [1.29, 1.82) is 0 Å². The molecule has 5 aliphatic rings. The van der Waals surface area contributed by atoms with Gasteiger partial charge >= 0.3 is 0 Å². The summed E-state index contributed by atoms with van der Waals surface area (Å²) in [5.41, 5.74) is 0.651. The summed E-state index contributed by atoms with van der Waals surface area (Å²) in [7, 11) is 0. The Morgan fingerprint density at radius 1 is 1.00 bits per heavy atom. The molecule has 1 aromatic heterocycles. The molecule has 2 nitrogen and oxygen atoms in total. The molecule has 6 rings (SSSR count). The molecular formula is C22H34N2S. The lowest BCUT2D eigenvalue weighted by molar-refractivity contribution is -0.0553. The van der Waals surface area contributed by atoms with Crippen molar-refractivity contribution in [1.82, 2.24) is 9.55 Å². The summed E-state index contributed by atoms with van der Waals surface area (Å²) >= 11 is 2.37. The van der Waals surface area contributed by atoms with Crippen molar-refractivity contribution >= 4 is 11.8 Å². The topological polar surface area (TPSA) is 17.8 Å². The Morgan fingerprint density at radius 2 is 1.68 bits per heavy atom. The van der Waals surface area contributed by atoms with Crippen molar-refractivity contribution in [3.8, 4) is 0 Å². The van der Waals surface area contributed by atoms with E-state index in [1.54, 1.807) is 19.3 Å². The van der Waals surface area contributed by atoms with Crippen molar-refractivity contribution in [3.05, 3.63) is 18.7 Å². The standard InChI is InChI=1S/C22H34N2S/c1-2-4-17(5-3-1)15-25-21(14-24-7-6-23-16-24)22-11-18-8-19(12-22)10-20(9-18)13-22/h6-7,16-21H,1-5,8-15H2. The molecule has 1 aromatic rings. The lowest BCUT2D eigenvalue weighted by atomic mass is 9.48. The number of thioether (sulfide) groups is 1. The summed E-state index contributed by atoms with van der Waals surface area (Å²) in [6.45, 7) is 1.20. The second-order valence-corrected chi connectivity index (χ2v) is 11.1. The van der Waals surface area contributed by atoms with Crippen LogP contribution in [0.4, 0.5) is 0 Å². The molecule has 0 aromatic carbocycles. The van der Waals surface area contributed by atoms with E-state index in [-0.39, 0.29) is 0 Å². The van der Waals surface area contributed by atoms with Crippen LogP contribution in [0.1, 0.15) is 70.6 Å². The lowest BCUT2D eigenvalue weighted by Gasteiger charge is -2.59. The second kappa shape index (κ2) is 6.94. The number of rotatable bonds is 6. The number of hydrogen-bond acceptors (Lipinski definition) is 2. The maximum atomic E-state index is 4.33. The molecule has 1 heterocycles. The average molecular weight is 359 g/mol. The van der Waals surface area contributed by atoms with Crippen LogP contribution in [-0.4, -0.2) is 20.6 Å². The molecule has 1 unspecified atom stereocenters. The van der Waals surface area contributed by atoms with Crippen LogP contribution < -0.4 is 0 Å². The molecular weight excluding hydrogens is 324 g/mol. The van der Waals surface area contributed by atoms with Gasteiger partial charge in [-0.15, -0.1) is 0 Å². The highest BCUT2D eigenvalue weighted by molar-refractivity contribution is 7.99. The first-order valence-corrected chi connectivity index (χ1v) is 11.9. The van der Waals surface area contributed by atoms with Gasteiger partial charge in [-0.25, -0.2) is 4.98 Å². The average Bonchev–Trinajstić information content (AvgIpc) is 3.11. The predicted octanol–water partition coefficient (Wildman–Crippen LogP) is 5.78. The summed E-state index contributed by atoms with van der Waals surface area (Å²) in [4.78, 5) is 4.33. The van der Waals surface area contributed by atoms with Crippen LogP contribution >= 0.6 is 11.8 Å². The second-order valence-electron chi connectivity index (χ2n) is 9.87. The molecule has 0 aliphatic heterocycles. The Kier molecular flexibility index (Phi) is 4.64. The van der Waals surface area contributed by atoms with Crippen molar-refractivity contribution < 1.29 is 0 Å². The summed E-state index contributed by atoms with van der Waals surface area (Å²) in [6.07, 6.45) is 22.9. The molecule has 5 aliphatic carbocycles. The highest BCUT2D eigenvalue weighted by Crippen LogP contribution is 2.63. The van der Waals surface area contributed by atoms with E-state index < -0.39 is 0 Å². The molecule has 0 amide bonds. The third-order valence-corrected chi connectivity index (χ3v) is 9.68. The minimum absolute atomic E-state index is 0.651. The molecule has 3 heteroatoms. The summed E-state index contributed by atoms with van der Waals surface area (Å²) in [5.74, 6) is 5.60. The zero-order valence-corrected chi connectivity index (χ0v) is 16.4. The minimum Gasteiger partial charge on any atom is -0.336 e. The number of nitrogens with zero attached hydrogens (tertiary/aromatic N) is 2. The van der Waals surface area contributed by atoms with Crippen molar-refractivity contribution in [2.75, 3.05) is 5.75 Å². The summed E-state index contributed by atoms with van der Waals surface area (Å²) in [5, 5.41) is 0.817. The molecule has 1 atom stereocenters. The minimum atomic E-state index is 0.651. The first-order chi connectivity index (χ1) is 12.3. The van der Waals surface area contributed by atoms with E-state index in [2.05, 4.69) is 33.8 Å². The van der Waals surface area contributed by atoms with Crippen molar-refractivity contribution in [2.24, 2.45) is 29.1 Å². The fraction of sp³-hybridized carbons (Fsp3) is 0.864. The molecule has 5 fully saturated rings. The number of hydrogen-bond donors (Lipinski definition) is 0. The van der Waals surface area contributed by atoms with Gasteiger partial charge in [-0.05, 0) is 86.2 Å². The van der Waals surface area contributed by atoms with Gasteiger partial charge in [-0.1, -0.05) is 19.3 Å². The van der Waals surface area contributed by atoms with E-state index in [1.807, 2.05) is 6.20 Å². The zero-order valence-electron chi connectivity index (χ0n) is 15.6. The third kappa shape index (κ3) is 3.42. The summed E-state index contributed by atoms with van der Waals surface area (Å²) in [6, 6.07) is 0. The summed E-state index contributed by atoms with van der Waals surface area (Å²) < 4.78 is 2.37. The molecule has 4 bridgehead atoms. The monoisotopic (exact) mass is 358 g/mol. The molecule has 138 valence electrons. The zero-order chi connectivity index (χ0) is 16.7. The largest absolute Gasteiger partial charge is 0.336 e. The number of aromatic nitrogens is 2. The first kappa shape index (κ1) is 16.7. The van der Waals surface area contributed by atoms with E-state index in [1.165, 1.54) is 63.7 Å². The van der Waals surface area contributed by atoms with Gasteiger partial charge in [0, 0.05) is 24.2 Å². The van der Waals surface area contributed by atoms with Crippen LogP contribution in [0.5, 0.6) is 0 Å². The van der Waals surface area contributed by atoms with Crippen LogP contribution in [0.2, 0.25) is 0 Å². The Labute approximate surface area is 157 Å². The van der Waals surface area contributed by atoms with Crippen LogP contribution in [0.3, 0.4) is 0 Å². The normalized spacial score (nSPS) is 39.0. The van der Waals surface area contributed by atoms with E-state index in [0.29, 0.717) is 5.41 Å². The van der Waals surface area contributed by atoms with Crippen molar-refractivity contribution in [2.45, 2.75) is 82.4 Å². The van der Waals surface area contributed by atoms with Crippen LogP contribution in [0.15, 0.2) is 18.7 Å². The highest BCUT2D eigenvalue weighted by atomic mass is 32.2. The van der Waals surface area contributed by atoms with Crippen LogP contribution in [-0.2, 0) is 6.54 Å². The van der Waals surface area contributed by atoms with E-state index in [4.69, 9.17) is 0 Å². The van der Waals surface area contributed by atoms with Gasteiger partial charge in [-0.2, -0.15) is 11.8 Å². The Morgan fingerprint density at radius 3 is 2.28 bits per heavy atom. The Hall–Kier alpha value is -0.440. The van der Waals surface area contributed by atoms with Gasteiger partial charge in [0.15, 0.2) is 0 Å². The van der Waals surface area contributed by atoms with Gasteiger partial charge in [-0.3, -0.25) is 0 Å². The van der Waals surface area contributed by atoms with Gasteiger partial charge in [0.1, 0.15) is 0 Å². The van der Waals surface area contributed by atoms with Gasteiger partial charge in [0.25, 0.3) is 0 Å². The number of imidazole rings is 1. The molecule has 5 saturated carbocycles. The quantitative estimate of drug-likeness (QED) is 0.641. The Balaban J connectivity index is 1.33. The highest BCUT2D eigenvalue weighted by Gasteiger charge is 2.54. The Bertz CT molecular complexity index is 525. The fourth-order valence-electron chi connectivity index (χ4n) is 7.19.